The smallest absolute Gasteiger partial charge is 0.265 e. The number of hydrogen-bond donors (Lipinski definition) is 1. The van der Waals surface area contributed by atoms with Crippen molar-refractivity contribution in [3.05, 3.63) is 54.1 Å². The van der Waals surface area contributed by atoms with Gasteiger partial charge in [-0.1, -0.05) is 18.9 Å². The predicted molar refractivity (Wildman–Crippen MR) is 114 cm³/mol. The van der Waals surface area contributed by atoms with Crippen LogP contribution in [-0.2, 0) is 14.8 Å². The zero-order valence-corrected chi connectivity index (χ0v) is 17.7. The molecule has 3 rings (SSSR count). The summed E-state index contributed by atoms with van der Waals surface area (Å²) in [6, 6.07) is 14.8. The lowest BCUT2D eigenvalue weighted by Gasteiger charge is -2.20. The van der Waals surface area contributed by atoms with E-state index >= 15 is 0 Å². The quantitative estimate of drug-likeness (QED) is 0.760. The molecule has 8 heteroatoms. The van der Waals surface area contributed by atoms with E-state index in [0.717, 1.165) is 25.7 Å². The van der Waals surface area contributed by atoms with E-state index in [4.69, 9.17) is 10.00 Å². The molecule has 1 amide bonds. The molecule has 0 bridgehead atoms. The van der Waals surface area contributed by atoms with Crippen molar-refractivity contribution >= 4 is 21.6 Å². The third-order valence-electron chi connectivity index (χ3n) is 4.97. The zero-order valence-electron chi connectivity index (χ0n) is 16.9. The summed E-state index contributed by atoms with van der Waals surface area (Å²) in [5.41, 5.74) is 0.896. The van der Waals surface area contributed by atoms with Gasteiger partial charge in [-0.15, -0.1) is 0 Å². The average Bonchev–Trinajstić information content (AvgIpc) is 3.04. The average molecular weight is 428 g/mol. The lowest BCUT2D eigenvalue weighted by molar-refractivity contribution is -0.122. The second kappa shape index (κ2) is 9.74. The summed E-state index contributed by atoms with van der Waals surface area (Å²) in [5, 5.41) is 11.6. The highest BCUT2D eigenvalue weighted by molar-refractivity contribution is 7.89. The number of nitriles is 1. The van der Waals surface area contributed by atoms with Crippen LogP contribution in [0.25, 0.3) is 0 Å². The molecule has 2 aromatic rings. The first-order valence-corrected chi connectivity index (χ1v) is 11.4. The van der Waals surface area contributed by atoms with Gasteiger partial charge in [-0.25, -0.2) is 8.42 Å². The van der Waals surface area contributed by atoms with Crippen molar-refractivity contribution in [2.75, 3.05) is 18.4 Å². The summed E-state index contributed by atoms with van der Waals surface area (Å²) in [7, 11) is -3.59. The lowest BCUT2D eigenvalue weighted by atomic mass is 10.2. The molecule has 7 nitrogen and oxygen atoms in total. The van der Waals surface area contributed by atoms with E-state index in [0.29, 0.717) is 30.1 Å². The number of nitrogens with one attached hydrogen (secondary N) is 1. The van der Waals surface area contributed by atoms with E-state index in [9.17, 15) is 13.2 Å². The van der Waals surface area contributed by atoms with Crippen molar-refractivity contribution in [2.45, 2.75) is 43.6 Å². The Morgan fingerprint density at radius 3 is 2.40 bits per heavy atom. The van der Waals surface area contributed by atoms with Crippen molar-refractivity contribution in [3.8, 4) is 11.8 Å². The summed E-state index contributed by atoms with van der Waals surface area (Å²) >= 11 is 0. The minimum atomic E-state index is -3.59. The highest BCUT2D eigenvalue weighted by atomic mass is 32.2. The van der Waals surface area contributed by atoms with Crippen molar-refractivity contribution in [1.82, 2.24) is 4.31 Å². The van der Waals surface area contributed by atoms with Crippen LogP contribution in [0.15, 0.2) is 53.4 Å². The number of carbonyl (C=O) groups is 1. The fraction of sp³-hybridized carbons (Fsp3) is 0.364. The van der Waals surface area contributed by atoms with Gasteiger partial charge in [0.05, 0.1) is 16.5 Å². The second-order valence-corrected chi connectivity index (χ2v) is 9.17. The second-order valence-electron chi connectivity index (χ2n) is 7.23. The van der Waals surface area contributed by atoms with Crippen LogP contribution in [0, 0.1) is 11.3 Å². The van der Waals surface area contributed by atoms with Crippen molar-refractivity contribution in [1.29, 1.82) is 5.26 Å². The van der Waals surface area contributed by atoms with Gasteiger partial charge in [0.15, 0.2) is 6.10 Å². The summed E-state index contributed by atoms with van der Waals surface area (Å²) in [6.45, 7) is 2.65. The Bertz CT molecular complexity index is 1020. The Morgan fingerprint density at radius 1 is 1.10 bits per heavy atom. The minimum Gasteiger partial charge on any atom is -0.481 e. The molecule has 2 aromatic carbocycles. The van der Waals surface area contributed by atoms with Crippen molar-refractivity contribution in [3.63, 3.8) is 0 Å². The lowest BCUT2D eigenvalue weighted by Crippen LogP contribution is -2.32. The van der Waals surface area contributed by atoms with E-state index in [1.165, 1.54) is 10.4 Å². The molecule has 0 radical (unpaired) electrons. The number of hydrogen-bond acceptors (Lipinski definition) is 5. The monoisotopic (exact) mass is 427 g/mol. The first kappa shape index (κ1) is 21.8. The zero-order chi connectivity index (χ0) is 21.6. The molecule has 1 fully saturated rings. The Morgan fingerprint density at radius 2 is 1.77 bits per heavy atom. The number of amides is 1. The predicted octanol–water partition coefficient (Wildman–Crippen LogP) is 3.53. The number of nitrogens with zero attached hydrogens (tertiary/aromatic N) is 2. The first-order chi connectivity index (χ1) is 14.4. The SMILES string of the molecule is C[C@@H](Oc1ccc(C#N)cc1)C(=O)Nc1cccc(S(=O)(=O)N2CCCCCC2)c1. The first-order valence-electron chi connectivity index (χ1n) is 9.98. The maximum atomic E-state index is 13.0. The third kappa shape index (κ3) is 5.38. The summed E-state index contributed by atoms with van der Waals surface area (Å²) in [5.74, 6) is 0.0674. The Balaban J connectivity index is 1.67. The fourth-order valence-corrected chi connectivity index (χ4v) is 4.84. The van der Waals surface area contributed by atoms with Crippen LogP contribution in [-0.4, -0.2) is 37.8 Å². The van der Waals surface area contributed by atoms with Crippen LogP contribution in [0.2, 0.25) is 0 Å². The molecule has 0 spiro atoms. The van der Waals surface area contributed by atoms with Crippen molar-refractivity contribution in [2.24, 2.45) is 0 Å². The summed E-state index contributed by atoms with van der Waals surface area (Å²) in [4.78, 5) is 12.7. The van der Waals surface area contributed by atoms with Crippen LogP contribution in [0.5, 0.6) is 5.75 Å². The molecule has 30 heavy (non-hydrogen) atoms. The molecule has 0 aliphatic carbocycles. The largest absolute Gasteiger partial charge is 0.481 e. The number of carbonyl (C=O) groups excluding carboxylic acids is 1. The van der Waals surface area contributed by atoms with Crippen LogP contribution in [0.1, 0.15) is 38.2 Å². The molecular formula is C22H25N3O4S. The molecule has 158 valence electrons. The molecular weight excluding hydrogens is 402 g/mol. The van der Waals surface area contributed by atoms with Crippen LogP contribution in [0.3, 0.4) is 0 Å². The van der Waals surface area contributed by atoms with E-state index in [1.54, 1.807) is 49.4 Å². The molecule has 1 heterocycles. The van der Waals surface area contributed by atoms with Gasteiger partial charge < -0.3 is 10.1 Å². The van der Waals surface area contributed by atoms with Crippen LogP contribution < -0.4 is 10.1 Å². The van der Waals surface area contributed by atoms with Gasteiger partial charge >= 0.3 is 0 Å². The van der Waals surface area contributed by atoms with Crippen molar-refractivity contribution < 1.29 is 17.9 Å². The van der Waals surface area contributed by atoms with E-state index < -0.39 is 22.0 Å². The minimum absolute atomic E-state index is 0.169. The van der Waals surface area contributed by atoms with Gasteiger partial charge in [-0.3, -0.25) is 4.79 Å². The maximum Gasteiger partial charge on any atom is 0.265 e. The molecule has 1 N–H and O–H groups in total. The van der Waals surface area contributed by atoms with Gasteiger partial charge in [0.25, 0.3) is 5.91 Å². The molecule has 1 atom stereocenters. The normalized spacial score (nSPS) is 16.1. The van der Waals surface area contributed by atoms with E-state index in [2.05, 4.69) is 5.32 Å². The number of sulfonamides is 1. The molecule has 1 saturated heterocycles. The standard InChI is InChI=1S/C22H25N3O4S/c1-17(29-20-11-9-18(16-23)10-12-20)22(26)24-19-7-6-8-21(15-19)30(27,28)25-13-4-2-3-5-14-25/h6-12,15,17H,2-5,13-14H2,1H3,(H,24,26)/t17-/m1/s1. The molecule has 0 unspecified atom stereocenters. The maximum absolute atomic E-state index is 13.0. The highest BCUT2D eigenvalue weighted by Crippen LogP contribution is 2.23. The molecule has 1 aliphatic rings. The van der Waals surface area contributed by atoms with Crippen LogP contribution in [0.4, 0.5) is 5.69 Å². The molecule has 0 aromatic heterocycles. The number of ether oxygens (including phenoxy) is 1. The number of anilines is 1. The Kier molecular flexibility index (Phi) is 7.08. The van der Waals surface area contributed by atoms with Gasteiger partial charge in [0.1, 0.15) is 5.75 Å². The third-order valence-corrected chi connectivity index (χ3v) is 6.86. The van der Waals surface area contributed by atoms with E-state index in [-0.39, 0.29) is 4.90 Å². The topological polar surface area (TPSA) is 99.5 Å². The number of rotatable bonds is 6. The Labute approximate surface area is 177 Å². The number of benzene rings is 2. The molecule has 0 saturated carbocycles. The van der Waals surface area contributed by atoms with E-state index in [1.807, 2.05) is 6.07 Å². The molecule has 1 aliphatic heterocycles. The summed E-state index contributed by atoms with van der Waals surface area (Å²) in [6.07, 6.45) is 3.00. The van der Waals surface area contributed by atoms with Gasteiger partial charge in [0, 0.05) is 18.8 Å². The Hall–Kier alpha value is -2.89. The highest BCUT2D eigenvalue weighted by Gasteiger charge is 2.25. The van der Waals surface area contributed by atoms with Crippen LogP contribution >= 0.6 is 0 Å². The van der Waals surface area contributed by atoms with Gasteiger partial charge in [-0.05, 0) is 62.2 Å². The van der Waals surface area contributed by atoms with Gasteiger partial charge in [0.2, 0.25) is 10.0 Å². The fourth-order valence-electron chi connectivity index (χ4n) is 3.27. The van der Waals surface area contributed by atoms with Gasteiger partial charge in [-0.2, -0.15) is 9.57 Å². The summed E-state index contributed by atoms with van der Waals surface area (Å²) < 4.78 is 33.1.